The van der Waals surface area contributed by atoms with Crippen LogP contribution in [0.4, 0.5) is 0 Å². The average Bonchev–Trinajstić information content (AvgIpc) is 3.26. The van der Waals surface area contributed by atoms with Gasteiger partial charge in [-0.3, -0.25) is 4.79 Å². The number of hydrogen-bond acceptors (Lipinski definition) is 5. The molecule has 0 atom stereocenters. The Morgan fingerprint density at radius 3 is 2.50 bits per heavy atom. The summed E-state index contributed by atoms with van der Waals surface area (Å²) < 4.78 is 27.9. The van der Waals surface area contributed by atoms with Gasteiger partial charge in [-0.15, -0.1) is 11.3 Å². The number of carbonyl (C=O) groups excluding carboxylic acids is 1. The molecule has 0 spiro atoms. The molecule has 0 bridgehead atoms. The van der Waals surface area contributed by atoms with Gasteiger partial charge in [-0.1, -0.05) is 18.2 Å². The third-order valence-corrected chi connectivity index (χ3v) is 5.84. The molecule has 0 aliphatic heterocycles. The molecule has 24 heavy (non-hydrogen) atoms. The van der Waals surface area contributed by atoms with Gasteiger partial charge < -0.3 is 9.08 Å². The van der Waals surface area contributed by atoms with E-state index in [-0.39, 0.29) is 11.7 Å². The van der Waals surface area contributed by atoms with Gasteiger partial charge in [0.1, 0.15) is 5.75 Å². The largest absolute Gasteiger partial charge is 0.382 e. The average molecular weight is 365 g/mol. The second kappa shape index (κ2) is 6.94. The summed E-state index contributed by atoms with van der Waals surface area (Å²) in [6, 6.07) is 10.9. The molecule has 2 aromatic rings. The van der Waals surface area contributed by atoms with Gasteiger partial charge in [0.25, 0.3) is 5.91 Å². The smallest absolute Gasteiger partial charge is 0.308 e. The Morgan fingerprint density at radius 1 is 1.25 bits per heavy atom. The molecular weight excluding hydrogens is 346 g/mol. The van der Waals surface area contributed by atoms with Crippen molar-refractivity contribution in [2.45, 2.75) is 32.4 Å². The molecule has 1 saturated carbocycles. The maximum Gasteiger partial charge on any atom is 0.308 e. The Bertz CT molecular complexity index is 794. The molecule has 1 aromatic heterocycles. The lowest BCUT2D eigenvalue weighted by molar-refractivity contribution is 0.0735. The highest BCUT2D eigenvalue weighted by Gasteiger charge is 2.33. The Kier molecular flexibility index (Phi) is 4.91. The van der Waals surface area contributed by atoms with Crippen molar-refractivity contribution in [1.29, 1.82) is 0 Å². The minimum atomic E-state index is -3.52. The fourth-order valence-corrected chi connectivity index (χ4v) is 3.55. The van der Waals surface area contributed by atoms with Crippen LogP contribution in [-0.4, -0.2) is 31.0 Å². The number of thiophene rings is 1. The highest BCUT2D eigenvalue weighted by molar-refractivity contribution is 7.87. The zero-order chi connectivity index (χ0) is 17.2. The van der Waals surface area contributed by atoms with Crippen LogP contribution in [0.15, 0.2) is 41.8 Å². The van der Waals surface area contributed by atoms with Crippen LogP contribution < -0.4 is 4.18 Å². The third kappa shape index (κ3) is 4.15. The van der Waals surface area contributed by atoms with Crippen molar-refractivity contribution >= 4 is 27.4 Å². The van der Waals surface area contributed by atoms with Crippen LogP contribution in [0.3, 0.4) is 0 Å². The van der Waals surface area contributed by atoms with Crippen LogP contribution in [0.25, 0.3) is 0 Å². The van der Waals surface area contributed by atoms with Gasteiger partial charge in [0, 0.05) is 12.6 Å². The first-order valence-corrected chi connectivity index (χ1v) is 10.3. The molecule has 7 heteroatoms. The van der Waals surface area contributed by atoms with Crippen molar-refractivity contribution in [1.82, 2.24) is 4.90 Å². The number of benzene rings is 1. The molecule has 1 fully saturated rings. The Morgan fingerprint density at radius 2 is 1.96 bits per heavy atom. The van der Waals surface area contributed by atoms with Crippen LogP contribution >= 0.6 is 11.3 Å². The van der Waals surface area contributed by atoms with Gasteiger partial charge >= 0.3 is 10.1 Å². The molecule has 0 N–H and O–H groups in total. The van der Waals surface area contributed by atoms with Crippen molar-refractivity contribution in [3.8, 4) is 5.75 Å². The lowest BCUT2D eigenvalue weighted by Crippen LogP contribution is -2.32. The van der Waals surface area contributed by atoms with E-state index in [1.807, 2.05) is 22.4 Å². The Hall–Kier alpha value is -1.86. The molecule has 0 radical (unpaired) electrons. The van der Waals surface area contributed by atoms with E-state index < -0.39 is 10.1 Å². The molecule has 1 heterocycles. The summed E-state index contributed by atoms with van der Waals surface area (Å²) in [6.07, 6.45) is 2.07. The number of rotatable bonds is 7. The van der Waals surface area contributed by atoms with E-state index >= 15 is 0 Å². The summed E-state index contributed by atoms with van der Waals surface area (Å²) in [4.78, 5) is 15.3. The quantitative estimate of drug-likeness (QED) is 0.707. The summed E-state index contributed by atoms with van der Waals surface area (Å²) in [7, 11) is -3.52. The normalized spacial score (nSPS) is 14.4. The lowest BCUT2D eigenvalue weighted by atomic mass is 10.2. The number of amides is 1. The Labute approximate surface area is 146 Å². The van der Waals surface area contributed by atoms with E-state index in [9.17, 15) is 13.2 Å². The first kappa shape index (κ1) is 17.0. The minimum absolute atomic E-state index is 0.0568. The van der Waals surface area contributed by atoms with Crippen molar-refractivity contribution in [3.63, 3.8) is 0 Å². The maximum atomic E-state index is 12.6. The summed E-state index contributed by atoms with van der Waals surface area (Å²) >= 11 is 1.45. The second-order valence-electron chi connectivity index (χ2n) is 5.72. The highest BCUT2D eigenvalue weighted by atomic mass is 32.2. The Balaban J connectivity index is 1.70. The van der Waals surface area contributed by atoms with E-state index in [2.05, 4.69) is 0 Å². The number of carbonyl (C=O) groups is 1. The lowest BCUT2D eigenvalue weighted by Gasteiger charge is -2.22. The van der Waals surface area contributed by atoms with E-state index in [4.69, 9.17) is 4.18 Å². The molecule has 1 aliphatic rings. The van der Waals surface area contributed by atoms with E-state index in [1.54, 1.807) is 24.3 Å². The van der Waals surface area contributed by atoms with Crippen LogP contribution in [0.5, 0.6) is 5.75 Å². The maximum absolute atomic E-state index is 12.6. The molecule has 1 aliphatic carbocycles. The fraction of sp³-hybridized carbons (Fsp3) is 0.353. The van der Waals surface area contributed by atoms with Gasteiger partial charge in [0.2, 0.25) is 0 Å². The zero-order valence-electron chi connectivity index (χ0n) is 13.3. The number of hydrogen-bond donors (Lipinski definition) is 0. The summed E-state index contributed by atoms with van der Waals surface area (Å²) in [5.41, 5.74) is 0.952. The standard InChI is InChI=1S/C17H19NO4S2/c1-2-24(20,21)22-15-9-5-13(6-10-15)12-18(14-7-8-14)17(19)16-4-3-11-23-16/h3-6,9-11,14H,2,7-8,12H2,1H3. The third-order valence-electron chi connectivity index (χ3n) is 3.83. The van der Waals surface area contributed by atoms with Crippen molar-refractivity contribution < 1.29 is 17.4 Å². The van der Waals surface area contributed by atoms with Crippen molar-refractivity contribution in [2.75, 3.05) is 5.75 Å². The van der Waals surface area contributed by atoms with E-state index in [0.717, 1.165) is 23.3 Å². The van der Waals surface area contributed by atoms with Gasteiger partial charge in [0.15, 0.2) is 0 Å². The van der Waals surface area contributed by atoms with E-state index in [0.29, 0.717) is 18.3 Å². The van der Waals surface area contributed by atoms with Crippen molar-refractivity contribution in [2.24, 2.45) is 0 Å². The molecular formula is C17H19NO4S2. The summed E-state index contributed by atoms with van der Waals surface area (Å²) in [5.74, 6) is 0.282. The highest BCUT2D eigenvalue weighted by Crippen LogP contribution is 2.31. The van der Waals surface area contributed by atoms with Gasteiger partial charge in [-0.05, 0) is 48.9 Å². The predicted molar refractivity (Wildman–Crippen MR) is 93.7 cm³/mol. The minimum Gasteiger partial charge on any atom is -0.382 e. The van der Waals surface area contributed by atoms with Gasteiger partial charge in [-0.2, -0.15) is 8.42 Å². The molecule has 128 valence electrons. The molecule has 1 aromatic carbocycles. The molecule has 0 unspecified atom stereocenters. The number of nitrogens with zero attached hydrogens (tertiary/aromatic N) is 1. The van der Waals surface area contributed by atoms with Crippen LogP contribution in [0, 0.1) is 0 Å². The van der Waals surface area contributed by atoms with Crippen molar-refractivity contribution in [3.05, 3.63) is 52.2 Å². The van der Waals surface area contributed by atoms with Crippen LogP contribution in [0.1, 0.15) is 35.0 Å². The van der Waals surface area contributed by atoms with Gasteiger partial charge in [0.05, 0.1) is 10.6 Å². The predicted octanol–water partition coefficient (Wildman–Crippen LogP) is 3.28. The first-order chi connectivity index (χ1) is 11.5. The fourth-order valence-electron chi connectivity index (χ4n) is 2.35. The molecule has 1 amide bonds. The van der Waals surface area contributed by atoms with Crippen LogP contribution in [-0.2, 0) is 16.7 Å². The van der Waals surface area contributed by atoms with E-state index in [1.165, 1.54) is 18.3 Å². The topological polar surface area (TPSA) is 63.7 Å². The second-order valence-corrected chi connectivity index (χ2v) is 8.52. The summed E-state index contributed by atoms with van der Waals surface area (Å²) in [6.45, 7) is 2.05. The molecule has 5 nitrogen and oxygen atoms in total. The SMILES string of the molecule is CCS(=O)(=O)Oc1ccc(CN(C(=O)c2cccs2)C2CC2)cc1. The zero-order valence-corrected chi connectivity index (χ0v) is 15.0. The van der Waals surface area contributed by atoms with Gasteiger partial charge in [-0.25, -0.2) is 0 Å². The van der Waals surface area contributed by atoms with Crippen LogP contribution in [0.2, 0.25) is 0 Å². The molecule has 3 rings (SSSR count). The summed E-state index contributed by atoms with van der Waals surface area (Å²) in [5, 5.41) is 1.90. The molecule has 0 saturated heterocycles. The first-order valence-electron chi connectivity index (χ1n) is 7.84. The monoisotopic (exact) mass is 365 g/mol.